The van der Waals surface area contributed by atoms with E-state index in [4.69, 9.17) is 5.11 Å². The number of aliphatic carboxylic acids is 1. The summed E-state index contributed by atoms with van der Waals surface area (Å²) in [5.41, 5.74) is 0. The standard InChI is InChI=1S/C9H5O3.C5.Fe/c10-8(5-6-9(11)12)7-3-1-2-4-7;1-2-4-5-3-1;/h5-6H2,(H,11,12);;. The molecule has 18 heavy (non-hydrogen) atoms. The van der Waals surface area contributed by atoms with E-state index in [1.54, 1.807) is 0 Å². The Morgan fingerprint density at radius 3 is 1.67 bits per heavy atom. The van der Waals surface area contributed by atoms with Crippen LogP contribution in [0.3, 0.4) is 0 Å². The Balaban J connectivity index is 0.000000405. The molecule has 0 aliphatic heterocycles. The summed E-state index contributed by atoms with van der Waals surface area (Å²) in [4.78, 5) is 21.1. The van der Waals surface area contributed by atoms with Gasteiger partial charge in [0.25, 0.3) is 0 Å². The zero-order valence-corrected chi connectivity index (χ0v) is 10.1. The molecule has 0 heterocycles. The maximum atomic E-state index is 11.0. The van der Waals surface area contributed by atoms with Crippen molar-refractivity contribution in [2.45, 2.75) is 12.8 Å². The maximum Gasteiger partial charge on any atom is 0.303 e. The van der Waals surface area contributed by atoms with Gasteiger partial charge in [-0.3, -0.25) is 9.59 Å². The molecule has 3 nitrogen and oxygen atoms in total. The van der Waals surface area contributed by atoms with Crippen molar-refractivity contribution in [3.05, 3.63) is 63.7 Å². The monoisotopic (exact) mass is 277 g/mol. The second-order valence-corrected chi connectivity index (χ2v) is 2.82. The van der Waals surface area contributed by atoms with Crippen LogP contribution in [0.15, 0.2) is 0 Å². The zero-order valence-electron chi connectivity index (χ0n) is 9.03. The van der Waals surface area contributed by atoms with Crippen LogP contribution >= 0.6 is 0 Å². The van der Waals surface area contributed by atoms with E-state index in [0.717, 1.165) is 0 Å². The number of ketones is 1. The van der Waals surface area contributed by atoms with Gasteiger partial charge >= 0.3 is 5.97 Å². The Kier molecular flexibility index (Phi) is 10.4. The van der Waals surface area contributed by atoms with Gasteiger partial charge in [-0.25, -0.2) is 0 Å². The van der Waals surface area contributed by atoms with Crippen LogP contribution in [0.25, 0.3) is 0 Å². The average molecular weight is 277 g/mol. The van der Waals surface area contributed by atoms with Crippen LogP contribution in [0.2, 0.25) is 0 Å². The summed E-state index contributed by atoms with van der Waals surface area (Å²) >= 11 is 0. The summed E-state index contributed by atoms with van der Waals surface area (Å²) in [6, 6.07) is 0. The van der Waals surface area contributed by atoms with Crippen LogP contribution in [-0.4, -0.2) is 16.9 Å². The van der Waals surface area contributed by atoms with E-state index in [1.165, 1.54) is 0 Å². The normalized spacial score (nSPS) is 18.7. The van der Waals surface area contributed by atoms with Crippen molar-refractivity contribution >= 4 is 11.8 Å². The predicted molar refractivity (Wildman–Crippen MR) is 54.3 cm³/mol. The largest absolute Gasteiger partial charge is 0.481 e. The summed E-state index contributed by atoms with van der Waals surface area (Å²) in [5.74, 6) is -1.03. The van der Waals surface area contributed by atoms with Crippen molar-refractivity contribution in [2.75, 3.05) is 0 Å². The minimum absolute atomic E-state index is 0. The Hall–Kier alpha value is -0.341. The molecule has 4 heteroatoms. The third-order valence-corrected chi connectivity index (χ3v) is 1.59. The number of Topliss-reactive ketones (excluding diaryl/α,β-unsaturated/α-hetero) is 1. The van der Waals surface area contributed by atoms with Gasteiger partial charge < -0.3 is 5.11 Å². The van der Waals surface area contributed by atoms with Crippen LogP contribution in [0.5, 0.6) is 0 Å². The maximum absolute atomic E-state index is 11.0. The minimum Gasteiger partial charge on any atom is -0.481 e. The number of rotatable bonds is 4. The van der Waals surface area contributed by atoms with Crippen LogP contribution in [0.4, 0.5) is 0 Å². The first-order valence-electron chi connectivity index (χ1n) is 4.59. The summed E-state index contributed by atoms with van der Waals surface area (Å²) in [5, 5.41) is 8.27. The fourth-order valence-electron chi connectivity index (χ4n) is 0.860. The van der Waals surface area contributed by atoms with E-state index in [-0.39, 0.29) is 41.6 Å². The molecule has 2 rings (SSSR count). The molecular formula is C14H5FeO3. The van der Waals surface area contributed by atoms with Crippen molar-refractivity contribution in [2.24, 2.45) is 0 Å². The molecule has 0 spiro atoms. The van der Waals surface area contributed by atoms with Crippen LogP contribution in [-0.2, 0) is 26.7 Å². The topological polar surface area (TPSA) is 54.4 Å². The Morgan fingerprint density at radius 2 is 1.28 bits per heavy atom. The third kappa shape index (κ3) is 7.88. The first-order valence-corrected chi connectivity index (χ1v) is 4.59. The number of hydrogen-bond acceptors (Lipinski definition) is 2. The van der Waals surface area contributed by atoms with Crippen molar-refractivity contribution in [1.82, 2.24) is 0 Å². The Labute approximate surface area is 120 Å². The van der Waals surface area contributed by atoms with Crippen molar-refractivity contribution in [3.63, 3.8) is 0 Å². The molecular weight excluding hydrogens is 272 g/mol. The van der Waals surface area contributed by atoms with E-state index in [1.807, 2.05) is 0 Å². The zero-order chi connectivity index (χ0) is 12.5. The molecule has 0 atom stereocenters. The number of carbonyl (C=O) groups excluding carboxylic acids is 1. The van der Waals surface area contributed by atoms with Crippen LogP contribution in [0.1, 0.15) is 12.8 Å². The SMILES string of the molecule is O=C(O)CCC(=O)[C]1[C][C][C][C]1.[C]1[C][C][C][C]1.[Fe]. The second kappa shape index (κ2) is 10.6. The first kappa shape index (κ1) is 17.7. The molecule has 0 bridgehead atoms. The quantitative estimate of drug-likeness (QED) is 0.771. The van der Waals surface area contributed by atoms with E-state index < -0.39 is 5.97 Å². The fourth-order valence-corrected chi connectivity index (χ4v) is 0.860. The van der Waals surface area contributed by atoms with Gasteiger partial charge in [-0.2, -0.15) is 0 Å². The molecule has 0 aromatic rings. The molecule has 2 aliphatic rings. The fraction of sp³-hybridized carbons (Fsp3) is 0.143. The van der Waals surface area contributed by atoms with Crippen molar-refractivity contribution in [1.29, 1.82) is 0 Å². The molecule has 2 saturated carbocycles. The summed E-state index contributed by atoms with van der Waals surface area (Å²) in [6.45, 7) is 0. The van der Waals surface area contributed by atoms with E-state index in [2.05, 4.69) is 57.8 Å². The number of carboxylic acids is 1. The van der Waals surface area contributed by atoms with Gasteiger partial charge in [0.1, 0.15) is 5.78 Å². The van der Waals surface area contributed by atoms with Gasteiger partial charge in [-0.1, -0.05) is 0 Å². The molecule has 0 aromatic heterocycles. The molecule has 0 aromatic carbocycles. The van der Waals surface area contributed by atoms with Gasteiger partial charge in [-0.05, 0) is 0 Å². The molecule has 1 N–H and O–H groups in total. The average Bonchev–Trinajstić information content (AvgIpc) is 2.99. The second-order valence-electron chi connectivity index (χ2n) is 2.82. The van der Waals surface area contributed by atoms with Crippen molar-refractivity contribution < 1.29 is 31.8 Å². The smallest absolute Gasteiger partial charge is 0.303 e. The van der Waals surface area contributed by atoms with Gasteiger partial charge in [-0.15, -0.1) is 0 Å². The van der Waals surface area contributed by atoms with E-state index in [0.29, 0.717) is 0 Å². The minimum atomic E-state index is -0.983. The molecule has 2 fully saturated rings. The summed E-state index contributed by atoms with van der Waals surface area (Å²) < 4.78 is 0. The Bertz CT molecular complexity index is 236. The van der Waals surface area contributed by atoms with Gasteiger partial charge in [0, 0.05) is 81.3 Å². The third-order valence-electron chi connectivity index (χ3n) is 1.59. The molecule has 19 radical (unpaired) electrons. The molecule has 0 unspecified atom stereocenters. The summed E-state index contributed by atoms with van der Waals surface area (Å²) in [7, 11) is 0. The Morgan fingerprint density at radius 1 is 0.833 bits per heavy atom. The van der Waals surface area contributed by atoms with Gasteiger partial charge in [0.05, 0.1) is 12.3 Å². The van der Waals surface area contributed by atoms with E-state index >= 15 is 0 Å². The van der Waals surface area contributed by atoms with Gasteiger partial charge in [0.15, 0.2) is 0 Å². The number of carboxylic acid groups (broad SMARTS) is 1. The molecule has 87 valence electrons. The number of carbonyl (C=O) groups is 2. The van der Waals surface area contributed by atoms with E-state index in [9.17, 15) is 9.59 Å². The van der Waals surface area contributed by atoms with Gasteiger partial charge in [0.2, 0.25) is 0 Å². The van der Waals surface area contributed by atoms with Crippen molar-refractivity contribution in [3.8, 4) is 0 Å². The molecule has 0 amide bonds. The predicted octanol–water partition coefficient (Wildman–Crippen LogP) is 0.737. The summed E-state index contributed by atoms with van der Waals surface area (Å²) in [6.07, 6.45) is 22.1. The van der Waals surface area contributed by atoms with Crippen LogP contribution < -0.4 is 0 Å². The molecule has 2 aliphatic carbocycles. The molecule has 0 saturated heterocycles. The first-order chi connectivity index (χ1) is 8.20. The number of hydrogen-bond donors (Lipinski definition) is 1. The van der Waals surface area contributed by atoms with Crippen LogP contribution in [0, 0.1) is 63.7 Å².